The molecule has 0 fully saturated rings. The van der Waals surface area contributed by atoms with Gasteiger partial charge in [0.05, 0.1) is 0 Å². The van der Waals surface area contributed by atoms with Crippen LogP contribution in [-0.4, -0.2) is 10.2 Å². The summed E-state index contributed by atoms with van der Waals surface area (Å²) in [7, 11) is 0. The summed E-state index contributed by atoms with van der Waals surface area (Å²) in [6.45, 7) is 8.19. The molecule has 0 saturated heterocycles. The zero-order valence-corrected chi connectivity index (χ0v) is 21.6. The maximum atomic E-state index is 9.82. The van der Waals surface area contributed by atoms with E-state index in [1.165, 1.54) is 0 Å². The number of aromatic hydroxyl groups is 2. The van der Waals surface area contributed by atoms with Crippen LogP contribution in [0.2, 0.25) is 0 Å². The number of para-hydroxylation sites is 2. The van der Waals surface area contributed by atoms with Crippen LogP contribution in [0.25, 0.3) is 12.2 Å². The molecule has 2 aromatic rings. The zero-order valence-electron chi connectivity index (χ0n) is 21.6. The van der Waals surface area contributed by atoms with E-state index >= 15 is 0 Å². The van der Waals surface area contributed by atoms with Crippen LogP contribution < -0.4 is 0 Å². The zero-order chi connectivity index (χ0) is 26.2. The van der Waals surface area contributed by atoms with Crippen LogP contribution in [0.3, 0.4) is 0 Å². The van der Waals surface area contributed by atoms with Crippen molar-refractivity contribution >= 4 is 12.2 Å². The molecule has 36 heavy (non-hydrogen) atoms. The summed E-state index contributed by atoms with van der Waals surface area (Å²) in [4.78, 5) is 0. The Morgan fingerprint density at radius 1 is 0.472 bits per heavy atom. The maximum absolute atomic E-state index is 9.82. The molecule has 0 aliphatic heterocycles. The van der Waals surface area contributed by atoms with Crippen LogP contribution in [0.1, 0.15) is 38.8 Å². The van der Waals surface area contributed by atoms with E-state index < -0.39 is 0 Å². The lowest BCUT2D eigenvalue weighted by Crippen LogP contribution is -1.74. The molecule has 0 atom stereocenters. The lowest BCUT2D eigenvalue weighted by atomic mass is 10.1. The fourth-order valence-corrected chi connectivity index (χ4v) is 3.04. The molecule has 0 heterocycles. The summed E-state index contributed by atoms with van der Waals surface area (Å²) in [5.41, 5.74) is 6.11. The van der Waals surface area contributed by atoms with Crippen molar-refractivity contribution in [3.63, 3.8) is 0 Å². The molecule has 0 spiro atoms. The van der Waals surface area contributed by atoms with Crippen molar-refractivity contribution in [3.05, 3.63) is 155 Å². The molecule has 2 aromatic carbocycles. The number of benzene rings is 2. The molecule has 0 radical (unpaired) electrons. The first-order valence-corrected chi connectivity index (χ1v) is 12.0. The minimum absolute atomic E-state index is 0.284. The van der Waals surface area contributed by atoms with Gasteiger partial charge in [-0.05, 0) is 39.8 Å². The molecule has 2 rings (SSSR count). The van der Waals surface area contributed by atoms with Gasteiger partial charge in [-0.25, -0.2) is 0 Å². The van der Waals surface area contributed by atoms with Gasteiger partial charge in [-0.1, -0.05) is 144 Å². The smallest absolute Gasteiger partial charge is 0.122 e. The Balaban J connectivity index is 1.84. The molecular weight excluding hydrogens is 440 g/mol. The van der Waals surface area contributed by atoms with E-state index in [9.17, 15) is 10.2 Å². The largest absolute Gasteiger partial charge is 0.507 e. The molecule has 2 nitrogen and oxygen atoms in total. The van der Waals surface area contributed by atoms with Gasteiger partial charge >= 0.3 is 0 Å². The van der Waals surface area contributed by atoms with Crippen LogP contribution >= 0.6 is 0 Å². The van der Waals surface area contributed by atoms with E-state index in [0.29, 0.717) is 0 Å². The number of phenols is 2. The molecule has 0 bridgehead atoms. The van der Waals surface area contributed by atoms with Crippen molar-refractivity contribution in [3.8, 4) is 11.5 Å². The lowest BCUT2D eigenvalue weighted by Gasteiger charge is -1.97. The van der Waals surface area contributed by atoms with Gasteiger partial charge < -0.3 is 10.2 Å². The SMILES string of the molecule is CC(/C=C/C=C(C)/C=C/c1ccccc1O)=C\C=C\C=C(C)\C=C\C=C(C)\C=C\c1ccccc1O. The third-order valence-corrected chi connectivity index (χ3v) is 5.19. The second-order valence-corrected chi connectivity index (χ2v) is 8.53. The van der Waals surface area contributed by atoms with Gasteiger partial charge in [0.2, 0.25) is 0 Å². The van der Waals surface area contributed by atoms with Gasteiger partial charge in [-0.3, -0.25) is 0 Å². The monoisotopic (exact) mass is 476 g/mol. The average Bonchev–Trinajstić information content (AvgIpc) is 2.85. The summed E-state index contributed by atoms with van der Waals surface area (Å²) >= 11 is 0. The molecular formula is C34H36O2. The topological polar surface area (TPSA) is 40.5 Å². The molecule has 0 amide bonds. The summed E-state index contributed by atoms with van der Waals surface area (Å²) in [6, 6.07) is 14.6. The first-order valence-electron chi connectivity index (χ1n) is 12.0. The molecule has 0 saturated carbocycles. The Hall–Kier alpha value is -4.30. The Morgan fingerprint density at radius 2 is 0.806 bits per heavy atom. The highest BCUT2D eigenvalue weighted by Crippen LogP contribution is 2.18. The number of phenolic OH excluding ortho intramolecular Hbond substituents is 2. The molecule has 0 unspecified atom stereocenters. The third-order valence-electron chi connectivity index (χ3n) is 5.19. The second-order valence-electron chi connectivity index (χ2n) is 8.53. The Kier molecular flexibility index (Phi) is 12.1. The number of hydrogen-bond acceptors (Lipinski definition) is 2. The van der Waals surface area contributed by atoms with E-state index in [1.54, 1.807) is 12.1 Å². The first-order chi connectivity index (χ1) is 17.3. The van der Waals surface area contributed by atoms with Crippen LogP contribution in [0, 0.1) is 0 Å². The minimum Gasteiger partial charge on any atom is -0.507 e. The van der Waals surface area contributed by atoms with Crippen molar-refractivity contribution in [2.24, 2.45) is 0 Å². The number of hydrogen-bond donors (Lipinski definition) is 2. The van der Waals surface area contributed by atoms with Crippen molar-refractivity contribution in [2.45, 2.75) is 27.7 Å². The normalized spacial score (nSPS) is 14.4. The van der Waals surface area contributed by atoms with E-state index in [2.05, 4.69) is 38.2 Å². The molecule has 0 aromatic heterocycles. The fraction of sp³-hybridized carbons (Fsp3) is 0.118. The van der Waals surface area contributed by atoms with E-state index in [0.717, 1.165) is 33.4 Å². The van der Waals surface area contributed by atoms with Crippen LogP contribution in [0.15, 0.2) is 144 Å². The van der Waals surface area contributed by atoms with Gasteiger partial charge in [0.15, 0.2) is 0 Å². The predicted molar refractivity (Wildman–Crippen MR) is 157 cm³/mol. The van der Waals surface area contributed by atoms with Gasteiger partial charge in [-0.2, -0.15) is 0 Å². The van der Waals surface area contributed by atoms with Crippen LogP contribution in [0.5, 0.6) is 11.5 Å². The minimum atomic E-state index is 0.284. The van der Waals surface area contributed by atoms with Gasteiger partial charge in [0.1, 0.15) is 11.5 Å². The average molecular weight is 477 g/mol. The van der Waals surface area contributed by atoms with Crippen LogP contribution in [0.4, 0.5) is 0 Å². The van der Waals surface area contributed by atoms with Crippen molar-refractivity contribution in [2.75, 3.05) is 0 Å². The molecule has 2 N–H and O–H groups in total. The highest BCUT2D eigenvalue weighted by molar-refractivity contribution is 5.59. The molecule has 184 valence electrons. The Labute approximate surface area is 216 Å². The van der Waals surface area contributed by atoms with Crippen molar-refractivity contribution in [1.82, 2.24) is 0 Å². The quantitative estimate of drug-likeness (QED) is 0.335. The third kappa shape index (κ3) is 11.2. The second kappa shape index (κ2) is 15.6. The van der Waals surface area contributed by atoms with Gasteiger partial charge in [0.25, 0.3) is 0 Å². The van der Waals surface area contributed by atoms with Gasteiger partial charge in [0, 0.05) is 11.1 Å². The summed E-state index contributed by atoms with van der Waals surface area (Å²) < 4.78 is 0. The molecule has 0 aliphatic rings. The highest BCUT2D eigenvalue weighted by Gasteiger charge is 1.94. The Bertz CT molecular complexity index is 1170. The predicted octanol–water partition coefficient (Wildman–Crippen LogP) is 9.28. The summed E-state index contributed by atoms with van der Waals surface area (Å²) in [5.74, 6) is 0.568. The Morgan fingerprint density at radius 3 is 1.19 bits per heavy atom. The first kappa shape index (κ1) is 27.9. The van der Waals surface area contributed by atoms with E-state index in [4.69, 9.17) is 0 Å². The van der Waals surface area contributed by atoms with Gasteiger partial charge in [-0.15, -0.1) is 0 Å². The number of rotatable bonds is 10. The summed E-state index contributed by atoms with van der Waals surface area (Å²) in [6.07, 6.45) is 28.2. The van der Waals surface area contributed by atoms with Crippen molar-refractivity contribution < 1.29 is 10.2 Å². The number of allylic oxidation sites excluding steroid dienone is 16. The lowest BCUT2D eigenvalue weighted by molar-refractivity contribution is 0.473. The van der Waals surface area contributed by atoms with Crippen LogP contribution in [-0.2, 0) is 0 Å². The molecule has 2 heteroatoms. The maximum Gasteiger partial charge on any atom is 0.122 e. The standard InChI is InChI=1S/C34H36O2/c1-27(15-11-17-29(3)23-25-31-19-7-9-21-33(31)35)13-5-6-14-28(2)16-12-18-30(4)24-26-32-20-8-10-22-34(32)36/h5-26,35-36H,1-4H3/b6-5+,15-11+,16-12+,25-23+,26-24+,27-13+,28-14+,29-17+,30-18+. The van der Waals surface area contributed by atoms with Crippen molar-refractivity contribution in [1.29, 1.82) is 0 Å². The van der Waals surface area contributed by atoms with E-state index in [1.807, 2.05) is 111 Å². The summed E-state index contributed by atoms with van der Waals surface area (Å²) in [5, 5.41) is 19.6. The van der Waals surface area contributed by atoms with E-state index in [-0.39, 0.29) is 11.5 Å². The fourth-order valence-electron chi connectivity index (χ4n) is 3.04. The highest BCUT2D eigenvalue weighted by atomic mass is 16.3. The molecule has 0 aliphatic carbocycles.